The molecular weight excluding hydrogens is 204 g/mol. The van der Waals surface area contributed by atoms with E-state index >= 15 is 0 Å². The van der Waals surface area contributed by atoms with E-state index in [1.54, 1.807) is 18.6 Å². The zero-order chi connectivity index (χ0) is 9.26. The van der Waals surface area contributed by atoms with Crippen LogP contribution in [0.2, 0.25) is 0 Å². The van der Waals surface area contributed by atoms with Gasteiger partial charge in [-0.15, -0.1) is 12.4 Å². The molecule has 0 aromatic carbocycles. The predicted molar refractivity (Wildman–Crippen MR) is 54.7 cm³/mol. The monoisotopic (exact) mass is 212 g/mol. The maximum Gasteiger partial charge on any atom is 0.307 e. The average Bonchev–Trinajstić information content (AvgIpc) is 2.48. The lowest BCUT2D eigenvalue weighted by molar-refractivity contribution is -0.136. The summed E-state index contributed by atoms with van der Waals surface area (Å²) < 4.78 is 0. The molecule has 0 spiro atoms. The fraction of sp³-hybridized carbons (Fsp3) is 0.111. The molecule has 5 heteroatoms. The molecule has 0 radical (unpaired) electrons. The molecule has 0 saturated heterocycles. The lowest BCUT2D eigenvalue weighted by Gasteiger charge is -1.92. The minimum Gasteiger partial charge on any atom is -0.481 e. The van der Waals surface area contributed by atoms with Crippen molar-refractivity contribution in [3.05, 3.63) is 30.2 Å². The van der Waals surface area contributed by atoms with Crippen LogP contribution in [-0.2, 0) is 11.2 Å². The van der Waals surface area contributed by atoms with Crippen LogP contribution >= 0.6 is 12.4 Å². The Morgan fingerprint density at radius 2 is 2.36 bits per heavy atom. The Balaban J connectivity index is 0.000000980. The van der Waals surface area contributed by atoms with Gasteiger partial charge in [-0.2, -0.15) is 0 Å². The molecule has 4 nitrogen and oxygen atoms in total. The van der Waals surface area contributed by atoms with Gasteiger partial charge in [0.1, 0.15) is 0 Å². The molecule has 2 aromatic heterocycles. The van der Waals surface area contributed by atoms with Crippen molar-refractivity contribution in [2.24, 2.45) is 0 Å². The van der Waals surface area contributed by atoms with E-state index in [1.807, 2.05) is 6.07 Å². The number of aromatic amines is 1. The van der Waals surface area contributed by atoms with E-state index in [0.29, 0.717) is 0 Å². The second-order valence-electron chi connectivity index (χ2n) is 2.81. The van der Waals surface area contributed by atoms with E-state index in [4.69, 9.17) is 5.11 Å². The number of fused-ring (bicyclic) bond motifs is 1. The Labute approximate surface area is 86.4 Å². The van der Waals surface area contributed by atoms with Crippen molar-refractivity contribution in [2.75, 3.05) is 0 Å². The standard InChI is InChI=1S/C9H8N2O2.ClH/c12-9(13)3-6-4-11-8-1-2-10-5-7(6)8;/h1-2,4-5,11H,3H2,(H,12,13);1H. The van der Waals surface area contributed by atoms with Crippen molar-refractivity contribution in [1.82, 2.24) is 9.97 Å². The molecule has 0 saturated carbocycles. The van der Waals surface area contributed by atoms with Gasteiger partial charge in [0, 0.05) is 29.5 Å². The van der Waals surface area contributed by atoms with Crippen molar-refractivity contribution in [3.63, 3.8) is 0 Å². The number of pyridine rings is 1. The number of hydrogen-bond acceptors (Lipinski definition) is 2. The van der Waals surface area contributed by atoms with Gasteiger partial charge in [-0.05, 0) is 11.6 Å². The van der Waals surface area contributed by atoms with Crippen LogP contribution in [0.5, 0.6) is 0 Å². The molecule has 0 aliphatic heterocycles. The minimum absolute atomic E-state index is 0. The number of H-pyrrole nitrogens is 1. The summed E-state index contributed by atoms with van der Waals surface area (Å²) in [6.07, 6.45) is 5.08. The van der Waals surface area contributed by atoms with Crippen molar-refractivity contribution in [2.45, 2.75) is 6.42 Å². The summed E-state index contributed by atoms with van der Waals surface area (Å²) in [4.78, 5) is 17.4. The lowest BCUT2D eigenvalue weighted by Crippen LogP contribution is -1.98. The zero-order valence-electron chi connectivity index (χ0n) is 7.23. The smallest absolute Gasteiger partial charge is 0.307 e. The van der Waals surface area contributed by atoms with Crippen LogP contribution in [0.1, 0.15) is 5.56 Å². The highest BCUT2D eigenvalue weighted by atomic mass is 35.5. The van der Waals surface area contributed by atoms with Gasteiger partial charge in [-0.25, -0.2) is 0 Å². The first-order valence-corrected chi connectivity index (χ1v) is 3.89. The van der Waals surface area contributed by atoms with Gasteiger partial charge in [0.05, 0.1) is 6.42 Å². The first-order chi connectivity index (χ1) is 6.27. The van der Waals surface area contributed by atoms with Crippen LogP contribution in [-0.4, -0.2) is 21.0 Å². The van der Waals surface area contributed by atoms with Gasteiger partial charge < -0.3 is 10.1 Å². The van der Waals surface area contributed by atoms with E-state index in [9.17, 15) is 4.79 Å². The molecule has 2 rings (SSSR count). The number of halogens is 1. The number of carbonyl (C=O) groups is 1. The summed E-state index contributed by atoms with van der Waals surface area (Å²) in [7, 11) is 0. The van der Waals surface area contributed by atoms with E-state index in [1.165, 1.54) is 0 Å². The van der Waals surface area contributed by atoms with Crippen molar-refractivity contribution in [1.29, 1.82) is 0 Å². The van der Waals surface area contributed by atoms with Crippen molar-refractivity contribution in [3.8, 4) is 0 Å². The van der Waals surface area contributed by atoms with E-state index < -0.39 is 5.97 Å². The Hall–Kier alpha value is -1.55. The molecule has 2 heterocycles. The molecule has 0 amide bonds. The number of carboxylic acids is 1. The topological polar surface area (TPSA) is 66.0 Å². The lowest BCUT2D eigenvalue weighted by atomic mass is 10.2. The largest absolute Gasteiger partial charge is 0.481 e. The molecule has 0 unspecified atom stereocenters. The van der Waals surface area contributed by atoms with Crippen LogP contribution in [0.15, 0.2) is 24.7 Å². The Morgan fingerprint density at radius 3 is 3.07 bits per heavy atom. The molecule has 0 fully saturated rings. The molecule has 2 aromatic rings. The number of carboxylic acid groups (broad SMARTS) is 1. The Kier molecular flexibility index (Phi) is 3.09. The van der Waals surface area contributed by atoms with E-state index in [0.717, 1.165) is 16.5 Å². The van der Waals surface area contributed by atoms with Crippen LogP contribution < -0.4 is 0 Å². The third kappa shape index (κ3) is 1.85. The van der Waals surface area contributed by atoms with Crippen LogP contribution in [0.3, 0.4) is 0 Å². The Bertz CT molecular complexity index is 453. The fourth-order valence-electron chi connectivity index (χ4n) is 1.33. The molecule has 0 bridgehead atoms. The summed E-state index contributed by atoms with van der Waals surface area (Å²) in [5.74, 6) is -0.829. The Morgan fingerprint density at radius 1 is 1.57 bits per heavy atom. The summed E-state index contributed by atoms with van der Waals surface area (Å²) in [5.41, 5.74) is 1.70. The number of aliphatic carboxylic acids is 1. The predicted octanol–water partition coefficient (Wildman–Crippen LogP) is 1.61. The van der Waals surface area contributed by atoms with E-state index in [-0.39, 0.29) is 18.8 Å². The normalized spacial score (nSPS) is 9.71. The maximum atomic E-state index is 10.5. The molecule has 74 valence electrons. The third-order valence-electron chi connectivity index (χ3n) is 1.91. The minimum atomic E-state index is -0.829. The van der Waals surface area contributed by atoms with Gasteiger partial charge >= 0.3 is 5.97 Å². The second kappa shape index (κ2) is 4.11. The van der Waals surface area contributed by atoms with Gasteiger partial charge in [-0.1, -0.05) is 0 Å². The SMILES string of the molecule is Cl.O=C(O)Cc1c[nH]c2ccncc12. The summed E-state index contributed by atoms with van der Waals surface area (Å²) in [5, 5.41) is 9.49. The summed E-state index contributed by atoms with van der Waals surface area (Å²) >= 11 is 0. The highest BCUT2D eigenvalue weighted by Crippen LogP contribution is 2.16. The van der Waals surface area contributed by atoms with Crippen molar-refractivity contribution < 1.29 is 9.90 Å². The van der Waals surface area contributed by atoms with E-state index in [2.05, 4.69) is 9.97 Å². The van der Waals surface area contributed by atoms with Gasteiger partial charge in [-0.3, -0.25) is 9.78 Å². The van der Waals surface area contributed by atoms with Crippen molar-refractivity contribution >= 4 is 29.3 Å². The highest BCUT2D eigenvalue weighted by Gasteiger charge is 2.06. The number of hydrogen-bond donors (Lipinski definition) is 2. The molecule has 0 atom stereocenters. The number of aromatic nitrogens is 2. The second-order valence-corrected chi connectivity index (χ2v) is 2.81. The molecule has 14 heavy (non-hydrogen) atoms. The van der Waals surface area contributed by atoms with Gasteiger partial charge in [0.2, 0.25) is 0 Å². The van der Waals surface area contributed by atoms with Crippen LogP contribution in [0.4, 0.5) is 0 Å². The highest BCUT2D eigenvalue weighted by molar-refractivity contribution is 5.86. The molecular formula is C9H9ClN2O2. The number of nitrogens with zero attached hydrogens (tertiary/aromatic N) is 1. The maximum absolute atomic E-state index is 10.5. The van der Waals surface area contributed by atoms with Crippen LogP contribution in [0.25, 0.3) is 10.9 Å². The number of rotatable bonds is 2. The first kappa shape index (κ1) is 10.5. The molecule has 2 N–H and O–H groups in total. The quantitative estimate of drug-likeness (QED) is 0.795. The molecule has 0 aliphatic carbocycles. The first-order valence-electron chi connectivity index (χ1n) is 3.89. The van der Waals surface area contributed by atoms with Gasteiger partial charge in [0.25, 0.3) is 0 Å². The molecule has 0 aliphatic rings. The third-order valence-corrected chi connectivity index (χ3v) is 1.91. The zero-order valence-corrected chi connectivity index (χ0v) is 8.04. The van der Waals surface area contributed by atoms with Crippen LogP contribution in [0, 0.1) is 0 Å². The number of nitrogens with one attached hydrogen (secondary N) is 1. The average molecular weight is 213 g/mol. The summed E-state index contributed by atoms with van der Waals surface area (Å²) in [6, 6.07) is 1.82. The summed E-state index contributed by atoms with van der Waals surface area (Å²) in [6.45, 7) is 0. The van der Waals surface area contributed by atoms with Gasteiger partial charge in [0.15, 0.2) is 0 Å². The fourth-order valence-corrected chi connectivity index (χ4v) is 1.33.